The number of rotatable bonds is 5. The van der Waals surface area contributed by atoms with Crippen molar-refractivity contribution in [2.45, 2.75) is 17.6 Å². The van der Waals surface area contributed by atoms with Crippen LogP contribution in [0.25, 0.3) is 0 Å². The molecular weight excluding hydrogens is 414 g/mol. The summed E-state index contributed by atoms with van der Waals surface area (Å²) in [7, 11) is -0.602. The monoisotopic (exact) mass is 435 g/mol. The molecule has 1 aliphatic rings. The Labute approximate surface area is 173 Å². The lowest BCUT2D eigenvalue weighted by Gasteiger charge is -2.15. The number of sulfonamides is 1. The van der Waals surface area contributed by atoms with Crippen molar-refractivity contribution in [1.29, 1.82) is 0 Å². The fourth-order valence-corrected chi connectivity index (χ4v) is 5.57. The number of aliphatic imine (C=N–C) groups is 1. The lowest BCUT2D eigenvalue weighted by Crippen LogP contribution is -2.23. The standard InChI is InChI=1S/C19H21N3O3S3/c1-13-8-9-15(10-17(13)28(24,25)22(2)3)20-18(23)12-27-19-21-16-7-5-4-6-14(16)11-26-19/h4-10H,11-12H2,1-3H3,(H,20,23). The molecule has 1 heterocycles. The first-order valence-corrected chi connectivity index (χ1v) is 11.9. The molecule has 2 aromatic rings. The number of thioether (sulfide) groups is 2. The zero-order valence-electron chi connectivity index (χ0n) is 15.8. The van der Waals surface area contributed by atoms with Crippen LogP contribution in [0.1, 0.15) is 11.1 Å². The van der Waals surface area contributed by atoms with Crippen molar-refractivity contribution < 1.29 is 13.2 Å². The van der Waals surface area contributed by atoms with E-state index in [1.165, 1.54) is 37.5 Å². The predicted octanol–water partition coefficient (Wildman–Crippen LogP) is 3.85. The number of nitrogens with one attached hydrogen (secondary N) is 1. The first kappa shape index (κ1) is 20.9. The minimum atomic E-state index is -3.57. The lowest BCUT2D eigenvalue weighted by molar-refractivity contribution is -0.113. The molecule has 148 valence electrons. The van der Waals surface area contributed by atoms with E-state index in [9.17, 15) is 13.2 Å². The first-order valence-electron chi connectivity index (χ1n) is 8.52. The third-order valence-corrected chi connectivity index (χ3v) is 8.31. The fraction of sp³-hybridized carbons (Fsp3) is 0.263. The summed E-state index contributed by atoms with van der Waals surface area (Å²) < 4.78 is 26.8. The molecule has 0 spiro atoms. The van der Waals surface area contributed by atoms with E-state index in [2.05, 4.69) is 16.4 Å². The van der Waals surface area contributed by atoms with Crippen LogP contribution in [-0.2, 0) is 20.6 Å². The number of para-hydroxylation sites is 1. The first-order chi connectivity index (χ1) is 13.3. The Bertz CT molecular complexity index is 1030. The van der Waals surface area contributed by atoms with Gasteiger partial charge in [-0.25, -0.2) is 17.7 Å². The number of aryl methyl sites for hydroxylation is 1. The summed E-state index contributed by atoms with van der Waals surface area (Å²) >= 11 is 2.99. The van der Waals surface area contributed by atoms with Crippen LogP contribution in [0.4, 0.5) is 11.4 Å². The van der Waals surface area contributed by atoms with E-state index < -0.39 is 10.0 Å². The normalized spacial score (nSPS) is 13.8. The quantitative estimate of drug-likeness (QED) is 0.772. The van der Waals surface area contributed by atoms with Gasteiger partial charge in [0.15, 0.2) is 0 Å². The number of amides is 1. The molecule has 3 rings (SSSR count). The molecule has 0 saturated heterocycles. The van der Waals surface area contributed by atoms with E-state index in [4.69, 9.17) is 0 Å². The Morgan fingerprint density at radius 1 is 1.25 bits per heavy atom. The molecule has 1 N–H and O–H groups in total. The number of nitrogens with zero attached hydrogens (tertiary/aromatic N) is 2. The van der Waals surface area contributed by atoms with Gasteiger partial charge in [-0.05, 0) is 36.2 Å². The van der Waals surface area contributed by atoms with Crippen LogP contribution in [0.3, 0.4) is 0 Å². The van der Waals surface area contributed by atoms with Gasteiger partial charge in [0.05, 0.1) is 16.3 Å². The molecule has 0 fully saturated rings. The fourth-order valence-electron chi connectivity index (χ4n) is 2.56. The van der Waals surface area contributed by atoms with E-state index in [-0.39, 0.29) is 16.6 Å². The Hall–Kier alpha value is -1.81. The van der Waals surface area contributed by atoms with Crippen LogP contribution >= 0.6 is 23.5 Å². The van der Waals surface area contributed by atoms with Crippen molar-refractivity contribution in [3.8, 4) is 0 Å². The molecule has 0 unspecified atom stereocenters. The van der Waals surface area contributed by atoms with Crippen molar-refractivity contribution in [3.05, 3.63) is 53.6 Å². The summed E-state index contributed by atoms with van der Waals surface area (Å²) in [6, 6.07) is 12.9. The van der Waals surface area contributed by atoms with Crippen LogP contribution in [0, 0.1) is 6.92 Å². The van der Waals surface area contributed by atoms with Gasteiger partial charge in [0.25, 0.3) is 0 Å². The van der Waals surface area contributed by atoms with E-state index in [0.29, 0.717) is 11.3 Å². The number of benzene rings is 2. The molecule has 0 bridgehead atoms. The highest BCUT2D eigenvalue weighted by Gasteiger charge is 2.20. The molecule has 6 nitrogen and oxygen atoms in total. The minimum Gasteiger partial charge on any atom is -0.325 e. The highest BCUT2D eigenvalue weighted by molar-refractivity contribution is 8.38. The van der Waals surface area contributed by atoms with Crippen LogP contribution in [0.15, 0.2) is 52.4 Å². The van der Waals surface area contributed by atoms with Crippen LogP contribution in [0.5, 0.6) is 0 Å². The SMILES string of the molecule is Cc1ccc(NC(=O)CSC2=Nc3ccccc3CS2)cc1S(=O)(=O)N(C)C. The second-order valence-electron chi connectivity index (χ2n) is 6.40. The second-order valence-corrected chi connectivity index (χ2v) is 10.7. The maximum atomic E-state index is 12.4. The number of hydrogen-bond acceptors (Lipinski definition) is 6. The second kappa shape index (κ2) is 8.69. The Balaban J connectivity index is 1.65. The number of carbonyl (C=O) groups excluding carboxylic acids is 1. The summed E-state index contributed by atoms with van der Waals surface area (Å²) in [6.45, 7) is 1.73. The van der Waals surface area contributed by atoms with E-state index in [0.717, 1.165) is 20.1 Å². The minimum absolute atomic E-state index is 0.187. The van der Waals surface area contributed by atoms with Gasteiger partial charge in [-0.2, -0.15) is 0 Å². The number of anilines is 1. The zero-order chi connectivity index (χ0) is 20.3. The van der Waals surface area contributed by atoms with E-state index in [1.807, 2.05) is 18.2 Å². The molecule has 0 saturated carbocycles. The van der Waals surface area contributed by atoms with E-state index in [1.54, 1.807) is 30.8 Å². The lowest BCUT2D eigenvalue weighted by atomic mass is 10.2. The molecule has 28 heavy (non-hydrogen) atoms. The molecular formula is C19H21N3O3S3. The van der Waals surface area contributed by atoms with Gasteiger partial charge >= 0.3 is 0 Å². The maximum Gasteiger partial charge on any atom is 0.242 e. The maximum absolute atomic E-state index is 12.4. The van der Waals surface area contributed by atoms with Crippen molar-refractivity contribution in [2.75, 3.05) is 25.2 Å². The molecule has 1 aliphatic heterocycles. The third kappa shape index (κ3) is 4.78. The highest BCUT2D eigenvalue weighted by Crippen LogP contribution is 2.34. The molecule has 0 atom stereocenters. The Kier molecular flexibility index (Phi) is 6.49. The van der Waals surface area contributed by atoms with Crippen LogP contribution in [-0.4, -0.2) is 42.9 Å². The van der Waals surface area contributed by atoms with E-state index >= 15 is 0 Å². The topological polar surface area (TPSA) is 78.8 Å². The van der Waals surface area contributed by atoms with Crippen molar-refractivity contribution in [2.24, 2.45) is 4.99 Å². The van der Waals surface area contributed by atoms with Crippen molar-refractivity contribution in [3.63, 3.8) is 0 Å². The number of hydrogen-bond donors (Lipinski definition) is 1. The molecule has 0 aliphatic carbocycles. The summed E-state index contributed by atoms with van der Waals surface area (Å²) in [5.41, 5.74) is 3.23. The van der Waals surface area contributed by atoms with Gasteiger partial charge in [-0.3, -0.25) is 4.79 Å². The average molecular weight is 436 g/mol. The molecule has 0 radical (unpaired) electrons. The van der Waals surface area contributed by atoms with Crippen molar-refractivity contribution in [1.82, 2.24) is 4.31 Å². The van der Waals surface area contributed by atoms with Crippen LogP contribution in [0.2, 0.25) is 0 Å². The summed E-state index contributed by atoms with van der Waals surface area (Å²) in [5.74, 6) is 0.842. The third-order valence-electron chi connectivity index (χ3n) is 4.11. The smallest absolute Gasteiger partial charge is 0.242 e. The van der Waals surface area contributed by atoms with Gasteiger partial charge < -0.3 is 5.32 Å². The molecule has 0 aromatic heterocycles. The van der Waals surface area contributed by atoms with Gasteiger partial charge in [-0.15, -0.1) is 0 Å². The summed E-state index contributed by atoms with van der Waals surface area (Å²) in [5, 5.41) is 2.77. The van der Waals surface area contributed by atoms with Gasteiger partial charge in [-0.1, -0.05) is 47.8 Å². The largest absolute Gasteiger partial charge is 0.325 e. The molecule has 9 heteroatoms. The predicted molar refractivity (Wildman–Crippen MR) is 118 cm³/mol. The van der Waals surface area contributed by atoms with Gasteiger partial charge in [0.2, 0.25) is 15.9 Å². The average Bonchev–Trinajstić information content (AvgIpc) is 2.67. The molecule has 2 aromatic carbocycles. The van der Waals surface area contributed by atoms with Gasteiger partial charge in [0, 0.05) is 25.5 Å². The van der Waals surface area contributed by atoms with Gasteiger partial charge in [0.1, 0.15) is 4.38 Å². The number of fused-ring (bicyclic) bond motifs is 1. The van der Waals surface area contributed by atoms with Crippen molar-refractivity contribution >= 4 is 55.2 Å². The Morgan fingerprint density at radius 2 is 2.00 bits per heavy atom. The zero-order valence-corrected chi connectivity index (χ0v) is 18.2. The molecule has 1 amide bonds. The van der Waals surface area contributed by atoms with Crippen LogP contribution < -0.4 is 5.32 Å². The Morgan fingerprint density at radius 3 is 2.75 bits per heavy atom. The summed E-state index contributed by atoms with van der Waals surface area (Å²) in [6.07, 6.45) is 0. The highest BCUT2D eigenvalue weighted by atomic mass is 32.2. The number of carbonyl (C=O) groups is 1. The summed E-state index contributed by atoms with van der Waals surface area (Å²) in [4.78, 5) is 17.1.